The zero-order valence-corrected chi connectivity index (χ0v) is 8.21. The van der Waals surface area contributed by atoms with E-state index in [4.69, 9.17) is 4.55 Å². The Morgan fingerprint density at radius 2 is 1.93 bits per heavy atom. The maximum absolute atomic E-state index is 12.0. The van der Waals surface area contributed by atoms with Crippen molar-refractivity contribution in [3.63, 3.8) is 0 Å². The third kappa shape index (κ3) is 3.28. The van der Waals surface area contributed by atoms with Gasteiger partial charge in [0.2, 0.25) is 0 Å². The van der Waals surface area contributed by atoms with Gasteiger partial charge in [0.15, 0.2) is 0 Å². The largest absolute Gasteiger partial charge is 0.425 e. The van der Waals surface area contributed by atoms with Gasteiger partial charge in [-0.25, -0.2) is 0 Å². The number of hydrogen-bond donors (Lipinski definition) is 1. The Labute approximate surface area is 81.9 Å². The third-order valence-corrected chi connectivity index (χ3v) is 3.25. The van der Waals surface area contributed by atoms with E-state index in [1.165, 1.54) is 0 Å². The molecule has 0 radical (unpaired) electrons. The Kier molecular flexibility index (Phi) is 2.88. The quantitative estimate of drug-likeness (QED) is 0.813. The van der Waals surface area contributed by atoms with Gasteiger partial charge in [-0.1, -0.05) is 0 Å². The molecule has 0 bridgehead atoms. The van der Waals surface area contributed by atoms with Crippen LogP contribution in [0.5, 0.6) is 0 Å². The lowest BCUT2D eigenvalue weighted by Crippen LogP contribution is -2.01. The smallest absolute Gasteiger partial charge is 0.285 e. The summed E-state index contributed by atoms with van der Waals surface area (Å²) in [5.41, 5.74) is 0. The molecule has 14 heavy (non-hydrogen) atoms. The molecule has 0 fully saturated rings. The van der Waals surface area contributed by atoms with E-state index in [9.17, 15) is 21.6 Å². The third-order valence-electron chi connectivity index (χ3n) is 1.27. The van der Waals surface area contributed by atoms with Crippen molar-refractivity contribution >= 4 is 21.5 Å². The van der Waals surface area contributed by atoms with Gasteiger partial charge >= 0.3 is 6.18 Å². The number of thiophene rings is 1. The second kappa shape index (κ2) is 3.52. The van der Waals surface area contributed by atoms with Crippen molar-refractivity contribution in [1.29, 1.82) is 0 Å². The van der Waals surface area contributed by atoms with Crippen LogP contribution < -0.4 is 0 Å². The zero-order valence-electron chi connectivity index (χ0n) is 6.58. The monoisotopic (exact) mass is 246 g/mol. The average molecular weight is 246 g/mol. The minimum atomic E-state index is -4.47. The lowest BCUT2D eigenvalue weighted by Gasteiger charge is -2.00. The van der Waals surface area contributed by atoms with Crippen LogP contribution in [-0.2, 0) is 22.0 Å². The maximum atomic E-state index is 12.0. The van der Waals surface area contributed by atoms with Gasteiger partial charge in [0.1, 0.15) is 10.6 Å². The summed E-state index contributed by atoms with van der Waals surface area (Å²) in [7, 11) is -4.27. The van der Waals surface area contributed by atoms with Crippen molar-refractivity contribution in [2.24, 2.45) is 0 Å². The van der Waals surface area contributed by atoms with Crippen molar-refractivity contribution in [2.75, 3.05) is 0 Å². The van der Waals surface area contributed by atoms with Gasteiger partial charge in [0.25, 0.3) is 10.1 Å². The van der Waals surface area contributed by atoms with E-state index in [0.717, 1.165) is 12.1 Å². The summed E-state index contributed by atoms with van der Waals surface area (Å²) >= 11 is 0.303. The van der Waals surface area contributed by atoms with E-state index in [1.807, 2.05) is 0 Å². The van der Waals surface area contributed by atoms with Crippen LogP contribution >= 0.6 is 11.3 Å². The number of alkyl halides is 3. The van der Waals surface area contributed by atoms with Gasteiger partial charge in [0, 0.05) is 4.88 Å². The summed E-state index contributed by atoms with van der Waals surface area (Å²) in [6.45, 7) is 0. The summed E-state index contributed by atoms with van der Waals surface area (Å²) in [4.78, 5) is -0.920. The molecule has 1 rings (SSSR count). The maximum Gasteiger partial charge on any atom is 0.425 e. The minimum Gasteiger partial charge on any atom is -0.285 e. The van der Waals surface area contributed by atoms with Gasteiger partial charge in [0.05, 0.1) is 0 Å². The topological polar surface area (TPSA) is 54.4 Å². The minimum absolute atomic E-state index is 0.0418. The van der Waals surface area contributed by atoms with Crippen molar-refractivity contribution in [3.05, 3.63) is 21.9 Å². The van der Waals surface area contributed by atoms with Crippen LogP contribution in [0.15, 0.2) is 12.1 Å². The summed E-state index contributed by atoms with van der Waals surface area (Å²) < 4.78 is 65.2. The van der Waals surface area contributed by atoms with Gasteiger partial charge in [-0.2, -0.15) is 21.6 Å². The first-order valence-electron chi connectivity index (χ1n) is 3.29. The Morgan fingerprint density at radius 1 is 1.36 bits per heavy atom. The van der Waals surface area contributed by atoms with Gasteiger partial charge in [-0.3, -0.25) is 4.55 Å². The fourth-order valence-corrected chi connectivity index (χ4v) is 2.60. The molecule has 0 unspecified atom stereocenters. The molecule has 80 valence electrons. The van der Waals surface area contributed by atoms with Crippen LogP contribution in [0.2, 0.25) is 0 Å². The lowest BCUT2D eigenvalue weighted by atomic mass is 10.4. The van der Waals surface area contributed by atoms with Gasteiger partial charge < -0.3 is 0 Å². The number of halogens is 3. The number of rotatable bonds is 2. The second-order valence-corrected chi connectivity index (χ2v) is 5.11. The molecule has 1 aromatic heterocycles. The van der Waals surface area contributed by atoms with Crippen molar-refractivity contribution in [1.82, 2.24) is 0 Å². The highest BCUT2D eigenvalue weighted by atomic mass is 32.2. The van der Waals surface area contributed by atoms with Gasteiger partial charge in [-0.05, 0) is 12.1 Å². The highest BCUT2D eigenvalue weighted by molar-refractivity contribution is 7.85. The molecule has 0 aliphatic rings. The van der Waals surface area contributed by atoms with Crippen molar-refractivity contribution < 1.29 is 26.1 Å². The SMILES string of the molecule is O=S(=O)(O)Cc1ccc(C(F)(F)F)s1. The van der Waals surface area contributed by atoms with Crippen LogP contribution in [0.4, 0.5) is 13.2 Å². The molecule has 0 aliphatic heterocycles. The molecule has 0 saturated carbocycles. The molecule has 8 heteroatoms. The van der Waals surface area contributed by atoms with Crippen LogP contribution in [-0.4, -0.2) is 13.0 Å². The molecule has 1 heterocycles. The highest BCUT2D eigenvalue weighted by Gasteiger charge is 2.32. The average Bonchev–Trinajstić information content (AvgIpc) is 2.29. The molecule has 0 saturated heterocycles. The molecule has 0 aliphatic carbocycles. The highest BCUT2D eigenvalue weighted by Crippen LogP contribution is 2.34. The molecule has 0 amide bonds. The molecular formula is C6H5F3O3S2. The predicted molar refractivity (Wildman–Crippen MR) is 44.6 cm³/mol. The summed E-state index contributed by atoms with van der Waals surface area (Å²) in [5, 5.41) is 0. The van der Waals surface area contributed by atoms with Crippen LogP contribution in [0.1, 0.15) is 9.75 Å². The first-order valence-corrected chi connectivity index (χ1v) is 5.72. The van der Waals surface area contributed by atoms with Crippen molar-refractivity contribution in [2.45, 2.75) is 11.9 Å². The molecule has 3 nitrogen and oxygen atoms in total. The molecule has 0 aromatic carbocycles. The summed E-state index contributed by atoms with van der Waals surface area (Å²) in [6, 6.07) is 1.81. The lowest BCUT2D eigenvalue weighted by molar-refractivity contribution is -0.134. The van der Waals surface area contributed by atoms with Crippen LogP contribution in [0.3, 0.4) is 0 Å². The predicted octanol–water partition coefficient (Wildman–Crippen LogP) is 2.15. The number of hydrogen-bond acceptors (Lipinski definition) is 3. The first-order chi connectivity index (χ1) is 6.18. The Balaban J connectivity index is 2.90. The summed E-state index contributed by atoms with van der Waals surface area (Å²) in [5.74, 6) is -0.784. The Bertz CT molecular complexity index is 418. The Hall–Kier alpha value is -0.600. The van der Waals surface area contributed by atoms with E-state index in [2.05, 4.69) is 0 Å². The molecule has 1 N–H and O–H groups in total. The fourth-order valence-electron chi connectivity index (χ4n) is 0.788. The normalized spacial score (nSPS) is 13.1. The zero-order chi connectivity index (χ0) is 11.0. The standard InChI is InChI=1S/C6H5F3O3S2/c7-6(8,9)5-2-1-4(13-5)3-14(10,11)12/h1-2H,3H2,(H,10,11,12). The Morgan fingerprint density at radius 3 is 2.29 bits per heavy atom. The van der Waals surface area contributed by atoms with Crippen LogP contribution in [0, 0.1) is 0 Å². The fraction of sp³-hybridized carbons (Fsp3) is 0.333. The van der Waals surface area contributed by atoms with E-state index in [1.54, 1.807) is 0 Å². The molecule has 1 aromatic rings. The van der Waals surface area contributed by atoms with E-state index in [-0.39, 0.29) is 4.88 Å². The van der Waals surface area contributed by atoms with Gasteiger partial charge in [-0.15, -0.1) is 11.3 Å². The van der Waals surface area contributed by atoms with E-state index < -0.39 is 26.9 Å². The first kappa shape index (κ1) is 11.5. The molecule has 0 spiro atoms. The molecular weight excluding hydrogens is 241 g/mol. The van der Waals surface area contributed by atoms with E-state index >= 15 is 0 Å². The molecule has 0 atom stereocenters. The van der Waals surface area contributed by atoms with Crippen molar-refractivity contribution in [3.8, 4) is 0 Å². The second-order valence-electron chi connectivity index (χ2n) is 2.49. The summed E-state index contributed by atoms with van der Waals surface area (Å²) in [6.07, 6.45) is -4.47. The van der Waals surface area contributed by atoms with E-state index in [0.29, 0.717) is 11.3 Å². The van der Waals surface area contributed by atoms with Crippen LogP contribution in [0.25, 0.3) is 0 Å².